The van der Waals surface area contributed by atoms with Crippen LogP contribution < -0.4 is 14.7 Å². The van der Waals surface area contributed by atoms with Crippen molar-refractivity contribution in [3.8, 4) is 11.3 Å². The number of piperazine rings is 1. The van der Waals surface area contributed by atoms with Gasteiger partial charge in [0.15, 0.2) is 0 Å². The van der Waals surface area contributed by atoms with Crippen LogP contribution in [0.15, 0.2) is 42.6 Å². The van der Waals surface area contributed by atoms with Crippen LogP contribution >= 0.6 is 11.6 Å². The number of pyridine rings is 1. The van der Waals surface area contributed by atoms with E-state index in [1.54, 1.807) is 17.0 Å². The van der Waals surface area contributed by atoms with Gasteiger partial charge >= 0.3 is 6.18 Å². The zero-order valence-corrected chi connectivity index (χ0v) is 22.6. The number of hydrogen-bond donors (Lipinski definition) is 0. The Bertz CT molecular complexity index is 1310. The van der Waals surface area contributed by atoms with Crippen molar-refractivity contribution in [2.75, 3.05) is 68.1 Å². The van der Waals surface area contributed by atoms with Crippen LogP contribution in [0.1, 0.15) is 18.4 Å². The third-order valence-corrected chi connectivity index (χ3v) is 7.41. The number of nitrogens with zero attached hydrogens (tertiary/aromatic N) is 7. The molecule has 7 nitrogen and oxygen atoms in total. The summed E-state index contributed by atoms with van der Waals surface area (Å²) in [6, 6.07) is 8.95. The highest BCUT2D eigenvalue weighted by Gasteiger charge is 2.36. The quantitative estimate of drug-likeness (QED) is 0.382. The van der Waals surface area contributed by atoms with Crippen molar-refractivity contribution in [2.45, 2.75) is 25.1 Å². The molecule has 0 saturated carbocycles. The average Bonchev–Trinajstić information content (AvgIpc) is 3.37. The molecule has 2 aliphatic rings. The summed E-state index contributed by atoms with van der Waals surface area (Å²) in [5.74, 6) is 0.684. The molecule has 0 radical (unpaired) electrons. The summed E-state index contributed by atoms with van der Waals surface area (Å²) in [6.45, 7) is 3.28. The van der Waals surface area contributed by atoms with Gasteiger partial charge in [-0.1, -0.05) is 11.6 Å². The lowest BCUT2D eigenvalue weighted by atomic mass is 10.1. The predicted octanol–water partition coefficient (Wildman–Crippen LogP) is 5.21. The molecule has 12 heteroatoms. The summed E-state index contributed by atoms with van der Waals surface area (Å²) in [5, 5.41) is 0.00492. The lowest BCUT2D eigenvalue weighted by Gasteiger charge is -2.37. The van der Waals surface area contributed by atoms with E-state index in [-0.39, 0.29) is 16.9 Å². The van der Waals surface area contributed by atoms with Crippen molar-refractivity contribution in [2.24, 2.45) is 0 Å². The van der Waals surface area contributed by atoms with E-state index in [9.17, 15) is 17.6 Å². The highest BCUT2D eigenvalue weighted by molar-refractivity contribution is 6.31. The molecule has 2 aromatic heterocycles. The standard InChI is InChI=1S/C27H30ClF4N7/c1-36(2)17-19-5-4-10-39(19)26-34-23(18-7-8-22(29)21(28)15-18)16-24(35-26)37-11-13-38(14-12-37)25-20(27(30,31)32)6-3-9-33-25/h3,6-9,15-16,19H,4-5,10-14,17H2,1-2H3/t19-/m0/s1. The fourth-order valence-electron chi connectivity index (χ4n) is 5.24. The molecule has 1 atom stereocenters. The molecule has 4 heterocycles. The van der Waals surface area contributed by atoms with Gasteiger partial charge in [-0.25, -0.2) is 14.4 Å². The largest absolute Gasteiger partial charge is 0.419 e. The molecular formula is C27H30ClF4N7. The highest BCUT2D eigenvalue weighted by atomic mass is 35.5. The van der Waals surface area contributed by atoms with E-state index < -0.39 is 17.6 Å². The van der Waals surface area contributed by atoms with Crippen molar-refractivity contribution >= 4 is 29.2 Å². The molecule has 2 saturated heterocycles. The van der Waals surface area contributed by atoms with Gasteiger partial charge in [0.25, 0.3) is 0 Å². The zero-order chi connectivity index (χ0) is 27.7. The second-order valence-electron chi connectivity index (χ2n) is 10.1. The van der Waals surface area contributed by atoms with Crippen molar-refractivity contribution in [3.63, 3.8) is 0 Å². The smallest absolute Gasteiger partial charge is 0.353 e. The van der Waals surface area contributed by atoms with Gasteiger partial charge in [-0.15, -0.1) is 0 Å². The van der Waals surface area contributed by atoms with Gasteiger partial charge in [-0.05, 0) is 57.3 Å². The van der Waals surface area contributed by atoms with Gasteiger partial charge in [0.1, 0.15) is 17.5 Å². The van der Waals surface area contributed by atoms with Crippen LogP contribution in [-0.2, 0) is 6.18 Å². The van der Waals surface area contributed by atoms with Crippen LogP contribution in [0.3, 0.4) is 0 Å². The fourth-order valence-corrected chi connectivity index (χ4v) is 5.42. The zero-order valence-electron chi connectivity index (χ0n) is 21.8. The molecule has 2 fully saturated rings. The SMILES string of the molecule is CN(C)C[C@@H]1CCCN1c1nc(-c2ccc(F)c(Cl)c2)cc(N2CCN(c3ncccc3C(F)(F)F)CC2)n1. The van der Waals surface area contributed by atoms with Crippen LogP contribution in [0.2, 0.25) is 5.02 Å². The molecule has 1 aromatic carbocycles. The number of hydrogen-bond acceptors (Lipinski definition) is 7. The number of likely N-dealkylation sites (N-methyl/N-ethyl adjacent to an activating group) is 1. The van der Waals surface area contributed by atoms with E-state index in [1.165, 1.54) is 18.3 Å². The first-order valence-corrected chi connectivity index (χ1v) is 13.3. The molecule has 0 bridgehead atoms. The first kappa shape index (κ1) is 27.4. The van der Waals surface area contributed by atoms with E-state index >= 15 is 0 Å². The topological polar surface area (TPSA) is 51.6 Å². The van der Waals surface area contributed by atoms with E-state index in [1.807, 2.05) is 25.1 Å². The summed E-state index contributed by atoms with van der Waals surface area (Å²) in [6.07, 6.45) is -1.05. The van der Waals surface area contributed by atoms with Crippen LogP contribution in [0, 0.1) is 5.82 Å². The molecule has 0 N–H and O–H groups in total. The number of alkyl halides is 3. The monoisotopic (exact) mass is 563 g/mol. The Labute approximate surface area is 230 Å². The molecule has 2 aliphatic heterocycles. The van der Waals surface area contributed by atoms with Gasteiger partial charge in [0.2, 0.25) is 5.95 Å². The van der Waals surface area contributed by atoms with Gasteiger partial charge in [0.05, 0.1) is 16.3 Å². The lowest BCUT2D eigenvalue weighted by Crippen LogP contribution is -2.48. The first-order chi connectivity index (χ1) is 18.6. The molecule has 3 aromatic rings. The minimum atomic E-state index is -4.48. The van der Waals surface area contributed by atoms with E-state index in [0.29, 0.717) is 49.2 Å². The maximum atomic E-state index is 13.9. The molecule has 5 rings (SSSR count). The normalized spacial score (nSPS) is 18.4. The maximum Gasteiger partial charge on any atom is 0.419 e. The molecule has 0 spiro atoms. The van der Waals surface area contributed by atoms with E-state index in [2.05, 4.69) is 14.8 Å². The maximum absolute atomic E-state index is 13.9. The van der Waals surface area contributed by atoms with Crippen LogP contribution in [0.4, 0.5) is 35.1 Å². The summed E-state index contributed by atoms with van der Waals surface area (Å²) in [5.41, 5.74) is 0.537. The lowest BCUT2D eigenvalue weighted by molar-refractivity contribution is -0.137. The molecule has 0 amide bonds. The Balaban J connectivity index is 1.45. The van der Waals surface area contributed by atoms with Crippen molar-refractivity contribution in [1.82, 2.24) is 19.9 Å². The third-order valence-electron chi connectivity index (χ3n) is 7.12. The Morgan fingerprint density at radius 3 is 2.44 bits per heavy atom. The minimum absolute atomic E-state index is 0.00492. The molecule has 208 valence electrons. The Morgan fingerprint density at radius 1 is 1.00 bits per heavy atom. The van der Waals surface area contributed by atoms with E-state index in [0.717, 1.165) is 32.0 Å². The fraction of sp³-hybridized carbons (Fsp3) is 0.444. The highest BCUT2D eigenvalue weighted by Crippen LogP contribution is 2.36. The summed E-state index contributed by atoms with van der Waals surface area (Å²) < 4.78 is 54.6. The van der Waals surface area contributed by atoms with Crippen LogP contribution in [-0.4, -0.2) is 79.3 Å². The van der Waals surface area contributed by atoms with Crippen molar-refractivity contribution < 1.29 is 17.6 Å². The third kappa shape index (κ3) is 6.04. The number of rotatable bonds is 6. The van der Waals surface area contributed by atoms with Crippen molar-refractivity contribution in [1.29, 1.82) is 0 Å². The number of halogens is 5. The van der Waals surface area contributed by atoms with Crippen molar-refractivity contribution in [3.05, 3.63) is 59.0 Å². The first-order valence-electron chi connectivity index (χ1n) is 12.9. The van der Waals surface area contributed by atoms with E-state index in [4.69, 9.17) is 21.6 Å². The second kappa shape index (κ2) is 11.1. The molecular weight excluding hydrogens is 534 g/mol. The van der Waals surface area contributed by atoms with Gasteiger partial charge in [-0.2, -0.15) is 18.2 Å². The summed E-state index contributed by atoms with van der Waals surface area (Å²) >= 11 is 6.08. The van der Waals surface area contributed by atoms with Crippen LogP contribution in [0.25, 0.3) is 11.3 Å². The van der Waals surface area contributed by atoms with Gasteiger partial charge in [0, 0.05) is 63.1 Å². The Hall–Kier alpha value is -3.18. The molecule has 39 heavy (non-hydrogen) atoms. The summed E-state index contributed by atoms with van der Waals surface area (Å²) in [4.78, 5) is 21.9. The van der Waals surface area contributed by atoms with Gasteiger partial charge in [-0.3, -0.25) is 0 Å². The number of benzene rings is 1. The minimum Gasteiger partial charge on any atom is -0.353 e. The summed E-state index contributed by atoms with van der Waals surface area (Å²) in [7, 11) is 4.07. The predicted molar refractivity (Wildman–Crippen MR) is 145 cm³/mol. The Morgan fingerprint density at radius 2 is 1.74 bits per heavy atom. The average molecular weight is 564 g/mol. The molecule has 0 aliphatic carbocycles. The molecule has 0 unspecified atom stereocenters. The number of anilines is 3. The number of aromatic nitrogens is 3. The second-order valence-corrected chi connectivity index (χ2v) is 10.5. The Kier molecular flexibility index (Phi) is 7.82. The van der Waals surface area contributed by atoms with Crippen LogP contribution in [0.5, 0.6) is 0 Å². The van der Waals surface area contributed by atoms with Gasteiger partial charge < -0.3 is 19.6 Å².